The number of hydrogen-bond acceptors (Lipinski definition) is 8. The number of rotatable bonds is 2. The predicted molar refractivity (Wildman–Crippen MR) is 73.5 cm³/mol. The molecule has 0 amide bonds. The van der Waals surface area contributed by atoms with E-state index < -0.39 is 0 Å². The lowest BCUT2D eigenvalue weighted by Gasteiger charge is -1.97. The van der Waals surface area contributed by atoms with Crippen LogP contribution in [0, 0.1) is 0 Å². The Labute approximate surface area is 120 Å². The number of fused-ring (bicyclic) bond motifs is 1. The number of thioether (sulfide) groups is 1. The van der Waals surface area contributed by atoms with E-state index in [9.17, 15) is 0 Å². The van der Waals surface area contributed by atoms with Gasteiger partial charge in [-0.3, -0.25) is 0 Å². The second-order valence-corrected chi connectivity index (χ2v) is 5.06. The first-order chi connectivity index (χ1) is 9.19. The molecular weight excluding hydrogens is 332 g/mol. The second kappa shape index (κ2) is 4.70. The Hall–Kier alpha value is -1.81. The maximum absolute atomic E-state index is 5.81. The minimum absolute atomic E-state index is 0.235. The first-order valence-electron chi connectivity index (χ1n) is 5.09. The fourth-order valence-electron chi connectivity index (χ4n) is 1.45. The maximum Gasteiger partial charge on any atom is 0.258 e. The average Bonchev–Trinajstić information content (AvgIpc) is 2.83. The van der Waals surface area contributed by atoms with Crippen molar-refractivity contribution in [3.63, 3.8) is 0 Å². The Bertz CT molecular complexity index is 757. The number of aromatic nitrogens is 7. The van der Waals surface area contributed by atoms with Crippen molar-refractivity contribution >= 4 is 39.4 Å². The Morgan fingerprint density at radius 3 is 2.89 bits per heavy atom. The van der Waals surface area contributed by atoms with Crippen molar-refractivity contribution < 1.29 is 0 Å². The number of nitrogens with zero attached hydrogens (tertiary/aromatic N) is 7. The van der Waals surface area contributed by atoms with Crippen LogP contribution in [-0.4, -0.2) is 40.8 Å². The summed E-state index contributed by atoms with van der Waals surface area (Å²) in [5.41, 5.74) is 6.39. The standard InChI is InChI=1S/C9H7BrN8S/c1-19-9-15-7(11)18-8(16-9)14-6(17-18)5-4(10)2-12-3-13-5/h2-3H,1H3,(H2,11,14,15,16,17). The molecule has 3 heterocycles. The quantitative estimate of drug-likeness (QED) is 0.690. The van der Waals surface area contributed by atoms with E-state index >= 15 is 0 Å². The van der Waals surface area contributed by atoms with Crippen LogP contribution in [0.3, 0.4) is 0 Å². The highest BCUT2D eigenvalue weighted by Crippen LogP contribution is 2.23. The molecule has 10 heteroatoms. The van der Waals surface area contributed by atoms with E-state index in [1.54, 1.807) is 6.20 Å². The molecule has 2 N–H and O–H groups in total. The SMILES string of the molecule is CSc1nc(N)n2nc(-c3ncncc3Br)nc2n1. The third-order valence-corrected chi connectivity index (χ3v) is 3.40. The van der Waals surface area contributed by atoms with Crippen LogP contribution in [0.25, 0.3) is 17.3 Å². The molecule has 0 atom stereocenters. The lowest BCUT2D eigenvalue weighted by Crippen LogP contribution is -2.04. The zero-order valence-electron chi connectivity index (χ0n) is 9.65. The molecule has 0 bridgehead atoms. The normalized spacial score (nSPS) is 11.1. The summed E-state index contributed by atoms with van der Waals surface area (Å²) in [4.78, 5) is 20.6. The van der Waals surface area contributed by atoms with E-state index in [0.717, 1.165) is 0 Å². The van der Waals surface area contributed by atoms with Crippen molar-refractivity contribution in [2.75, 3.05) is 12.0 Å². The average molecular weight is 339 g/mol. The minimum Gasteiger partial charge on any atom is -0.368 e. The summed E-state index contributed by atoms with van der Waals surface area (Å²) in [7, 11) is 0. The summed E-state index contributed by atoms with van der Waals surface area (Å²) in [6.07, 6.45) is 4.91. The van der Waals surface area contributed by atoms with Crippen LogP contribution in [0.5, 0.6) is 0 Å². The molecule has 3 aromatic heterocycles. The van der Waals surface area contributed by atoms with E-state index in [0.29, 0.717) is 26.9 Å². The van der Waals surface area contributed by atoms with Crippen molar-refractivity contribution in [3.05, 3.63) is 17.0 Å². The Morgan fingerprint density at radius 2 is 2.16 bits per heavy atom. The zero-order chi connectivity index (χ0) is 13.4. The Balaban J connectivity index is 2.22. The smallest absolute Gasteiger partial charge is 0.258 e. The zero-order valence-corrected chi connectivity index (χ0v) is 12.1. The van der Waals surface area contributed by atoms with Crippen molar-refractivity contribution in [1.29, 1.82) is 0 Å². The van der Waals surface area contributed by atoms with Gasteiger partial charge in [-0.05, 0) is 22.2 Å². The molecule has 0 aliphatic rings. The molecule has 0 aliphatic heterocycles. The Kier molecular flexibility index (Phi) is 3.03. The molecule has 0 aromatic carbocycles. The first kappa shape index (κ1) is 12.2. The molecule has 0 saturated heterocycles. The van der Waals surface area contributed by atoms with Gasteiger partial charge in [0.15, 0.2) is 5.16 Å². The second-order valence-electron chi connectivity index (χ2n) is 3.44. The van der Waals surface area contributed by atoms with Crippen molar-refractivity contribution in [1.82, 2.24) is 34.5 Å². The van der Waals surface area contributed by atoms with Crippen LogP contribution < -0.4 is 5.73 Å². The number of nitrogen functional groups attached to an aromatic ring is 1. The highest BCUT2D eigenvalue weighted by Gasteiger charge is 2.14. The molecule has 0 unspecified atom stereocenters. The van der Waals surface area contributed by atoms with Crippen LogP contribution in [0.2, 0.25) is 0 Å². The summed E-state index contributed by atoms with van der Waals surface area (Å²) in [6.45, 7) is 0. The molecule has 3 aromatic rings. The molecule has 19 heavy (non-hydrogen) atoms. The van der Waals surface area contributed by atoms with Crippen LogP contribution in [0.4, 0.5) is 5.95 Å². The van der Waals surface area contributed by atoms with Gasteiger partial charge in [-0.1, -0.05) is 11.8 Å². The van der Waals surface area contributed by atoms with Crippen LogP contribution in [0.15, 0.2) is 22.2 Å². The molecule has 0 fully saturated rings. The molecule has 0 aliphatic carbocycles. The molecule has 96 valence electrons. The lowest BCUT2D eigenvalue weighted by molar-refractivity contribution is 0.850. The first-order valence-corrected chi connectivity index (χ1v) is 7.11. The van der Waals surface area contributed by atoms with Gasteiger partial charge in [0.1, 0.15) is 12.0 Å². The van der Waals surface area contributed by atoms with Crippen molar-refractivity contribution in [3.8, 4) is 11.5 Å². The number of anilines is 1. The van der Waals surface area contributed by atoms with Gasteiger partial charge in [0.2, 0.25) is 11.8 Å². The Morgan fingerprint density at radius 1 is 1.32 bits per heavy atom. The van der Waals surface area contributed by atoms with Crippen molar-refractivity contribution in [2.45, 2.75) is 5.16 Å². The van der Waals surface area contributed by atoms with E-state index in [2.05, 4.69) is 45.9 Å². The van der Waals surface area contributed by atoms with E-state index in [4.69, 9.17) is 5.73 Å². The van der Waals surface area contributed by atoms with E-state index in [-0.39, 0.29) is 5.95 Å². The molecule has 3 rings (SSSR count). The van der Waals surface area contributed by atoms with Gasteiger partial charge in [0.05, 0.1) is 4.47 Å². The highest BCUT2D eigenvalue weighted by atomic mass is 79.9. The third-order valence-electron chi connectivity index (χ3n) is 2.27. The fourth-order valence-corrected chi connectivity index (χ4v) is 2.21. The molecule has 8 nitrogen and oxygen atoms in total. The van der Waals surface area contributed by atoms with Gasteiger partial charge in [0.25, 0.3) is 5.78 Å². The minimum atomic E-state index is 0.235. The number of hydrogen-bond donors (Lipinski definition) is 1. The summed E-state index contributed by atoms with van der Waals surface area (Å²) in [5, 5.41) is 4.79. The van der Waals surface area contributed by atoms with Crippen molar-refractivity contribution in [2.24, 2.45) is 0 Å². The van der Waals surface area contributed by atoms with Crippen LogP contribution in [0.1, 0.15) is 0 Å². The maximum atomic E-state index is 5.81. The predicted octanol–water partition coefficient (Wildman–Crippen LogP) is 1.04. The third kappa shape index (κ3) is 2.12. The largest absolute Gasteiger partial charge is 0.368 e. The summed E-state index contributed by atoms with van der Waals surface area (Å²) in [6, 6.07) is 0. The van der Waals surface area contributed by atoms with Gasteiger partial charge in [-0.15, -0.1) is 5.10 Å². The van der Waals surface area contributed by atoms with E-state index in [1.807, 2.05) is 6.26 Å². The summed E-state index contributed by atoms with van der Waals surface area (Å²) >= 11 is 4.74. The van der Waals surface area contributed by atoms with E-state index in [1.165, 1.54) is 22.6 Å². The number of halogens is 1. The number of nitrogens with two attached hydrogens (primary N) is 1. The fraction of sp³-hybridized carbons (Fsp3) is 0.111. The van der Waals surface area contributed by atoms with Gasteiger partial charge in [0, 0.05) is 6.20 Å². The van der Waals surface area contributed by atoms with Crippen LogP contribution >= 0.6 is 27.7 Å². The van der Waals surface area contributed by atoms with Gasteiger partial charge in [-0.2, -0.15) is 19.5 Å². The van der Waals surface area contributed by atoms with Gasteiger partial charge >= 0.3 is 0 Å². The lowest BCUT2D eigenvalue weighted by atomic mass is 10.4. The highest BCUT2D eigenvalue weighted by molar-refractivity contribution is 9.10. The molecular formula is C9H7BrN8S. The van der Waals surface area contributed by atoms with Gasteiger partial charge < -0.3 is 5.73 Å². The summed E-state index contributed by atoms with van der Waals surface area (Å²) < 4.78 is 2.08. The monoisotopic (exact) mass is 338 g/mol. The topological polar surface area (TPSA) is 108 Å². The summed E-state index contributed by atoms with van der Waals surface area (Å²) in [5.74, 6) is 1.03. The van der Waals surface area contributed by atoms with Crippen LogP contribution in [-0.2, 0) is 0 Å². The molecule has 0 saturated carbocycles. The van der Waals surface area contributed by atoms with Gasteiger partial charge in [-0.25, -0.2) is 9.97 Å². The molecule has 0 spiro atoms. The molecule has 0 radical (unpaired) electrons.